The summed E-state index contributed by atoms with van der Waals surface area (Å²) < 4.78 is 5.16. The molecule has 0 saturated carbocycles. The normalized spacial score (nSPS) is 12.7. The molecule has 0 aliphatic rings. The average molecular weight is 279 g/mol. The van der Waals surface area contributed by atoms with Crippen molar-refractivity contribution in [3.05, 3.63) is 34.1 Å². The molecule has 0 radical (unpaired) electrons. The van der Waals surface area contributed by atoms with E-state index in [1.165, 1.54) is 11.3 Å². The number of thiazole rings is 1. The summed E-state index contributed by atoms with van der Waals surface area (Å²) in [5.41, 5.74) is 0.342. The van der Waals surface area contributed by atoms with Crippen LogP contribution in [0.4, 0.5) is 0 Å². The molecule has 5 nitrogen and oxygen atoms in total. The van der Waals surface area contributed by atoms with Crippen LogP contribution in [0.15, 0.2) is 22.2 Å². The summed E-state index contributed by atoms with van der Waals surface area (Å²) in [6.07, 6.45) is 1.74. The Morgan fingerprint density at radius 3 is 2.68 bits per heavy atom. The predicted molar refractivity (Wildman–Crippen MR) is 73.2 cm³/mol. The molecule has 0 fully saturated rings. The zero-order valence-corrected chi connectivity index (χ0v) is 12.3. The number of carbonyl (C=O) groups excluding carboxylic acids is 1. The molecule has 0 aliphatic carbocycles. The predicted octanol–water partition coefficient (Wildman–Crippen LogP) is 3.09. The molecule has 0 N–H and O–H groups in total. The molecule has 0 unspecified atom stereocenters. The second kappa shape index (κ2) is 5.52. The molecule has 19 heavy (non-hydrogen) atoms. The topological polar surface area (TPSA) is 59.2 Å². The zero-order chi connectivity index (χ0) is 14.0. The van der Waals surface area contributed by atoms with Crippen LogP contribution in [0.2, 0.25) is 0 Å². The van der Waals surface area contributed by atoms with Crippen LogP contribution in [0.5, 0.6) is 0 Å². The number of hydrogen-bond acceptors (Lipinski definition) is 5. The number of hydrogen-bond donors (Lipinski definition) is 0. The molecule has 1 amide bonds. The van der Waals surface area contributed by atoms with Crippen molar-refractivity contribution in [3.8, 4) is 0 Å². The summed E-state index contributed by atoms with van der Waals surface area (Å²) in [6.45, 7) is 5.94. The zero-order valence-electron chi connectivity index (χ0n) is 11.5. The van der Waals surface area contributed by atoms with Crippen molar-refractivity contribution in [1.29, 1.82) is 0 Å². The fourth-order valence-electron chi connectivity index (χ4n) is 1.63. The lowest BCUT2D eigenvalue weighted by Gasteiger charge is -2.21. The van der Waals surface area contributed by atoms with Crippen molar-refractivity contribution >= 4 is 17.2 Å². The minimum absolute atomic E-state index is 0.0771. The van der Waals surface area contributed by atoms with Gasteiger partial charge in [0.05, 0.1) is 6.04 Å². The first-order chi connectivity index (χ1) is 9.00. The highest BCUT2D eigenvalue weighted by atomic mass is 32.1. The number of rotatable bonds is 4. The Balaban J connectivity index is 2.14. The van der Waals surface area contributed by atoms with Crippen LogP contribution in [-0.4, -0.2) is 28.0 Å². The monoisotopic (exact) mass is 279 g/mol. The first-order valence-electron chi connectivity index (χ1n) is 6.14. The lowest BCUT2D eigenvalue weighted by molar-refractivity contribution is 0.0732. The van der Waals surface area contributed by atoms with E-state index in [4.69, 9.17) is 4.52 Å². The third-order valence-corrected chi connectivity index (χ3v) is 3.97. The molecule has 0 bridgehead atoms. The Kier molecular flexibility index (Phi) is 3.99. The molecular weight excluding hydrogens is 262 g/mol. The van der Waals surface area contributed by atoms with Gasteiger partial charge in [0.2, 0.25) is 0 Å². The number of amides is 1. The van der Waals surface area contributed by atoms with E-state index in [2.05, 4.69) is 10.1 Å². The Bertz CT molecular complexity index is 548. The van der Waals surface area contributed by atoms with Crippen LogP contribution < -0.4 is 0 Å². The fourth-order valence-corrected chi connectivity index (χ4v) is 2.36. The van der Waals surface area contributed by atoms with E-state index in [9.17, 15) is 4.79 Å². The van der Waals surface area contributed by atoms with E-state index in [-0.39, 0.29) is 17.9 Å². The molecule has 2 aromatic rings. The van der Waals surface area contributed by atoms with E-state index >= 15 is 0 Å². The molecule has 2 heterocycles. The minimum Gasteiger partial charge on any atom is -0.360 e. The molecule has 2 aromatic heterocycles. The van der Waals surface area contributed by atoms with Gasteiger partial charge in [0.1, 0.15) is 10.8 Å². The van der Waals surface area contributed by atoms with Crippen molar-refractivity contribution in [3.63, 3.8) is 0 Å². The van der Waals surface area contributed by atoms with Gasteiger partial charge in [-0.2, -0.15) is 0 Å². The van der Waals surface area contributed by atoms with Gasteiger partial charge in [-0.05, 0) is 6.92 Å². The third-order valence-electron chi connectivity index (χ3n) is 3.03. The van der Waals surface area contributed by atoms with E-state index in [1.807, 2.05) is 26.2 Å². The number of aromatic nitrogens is 2. The maximum atomic E-state index is 12.3. The van der Waals surface area contributed by atoms with Crippen LogP contribution >= 0.6 is 11.3 Å². The van der Waals surface area contributed by atoms with Crippen LogP contribution in [0.1, 0.15) is 54.0 Å². The van der Waals surface area contributed by atoms with Gasteiger partial charge in [-0.3, -0.25) is 4.79 Å². The lowest BCUT2D eigenvalue weighted by atomic mass is 10.1. The SMILES string of the molecule is CC(C)c1cc(C(=O)N(C)[C@@H](C)c2nccs2)no1. The highest BCUT2D eigenvalue weighted by Gasteiger charge is 2.23. The molecule has 1 atom stereocenters. The van der Waals surface area contributed by atoms with Gasteiger partial charge in [-0.25, -0.2) is 4.98 Å². The smallest absolute Gasteiger partial charge is 0.276 e. The van der Waals surface area contributed by atoms with Gasteiger partial charge < -0.3 is 9.42 Å². The van der Waals surface area contributed by atoms with E-state index in [0.29, 0.717) is 5.69 Å². The Labute approximate surface area is 116 Å². The molecule has 0 aromatic carbocycles. The summed E-state index contributed by atoms with van der Waals surface area (Å²) in [7, 11) is 1.75. The van der Waals surface area contributed by atoms with Crippen molar-refractivity contribution in [2.24, 2.45) is 0 Å². The van der Waals surface area contributed by atoms with E-state index in [0.717, 1.165) is 10.8 Å². The summed E-state index contributed by atoms with van der Waals surface area (Å²) >= 11 is 1.53. The van der Waals surface area contributed by atoms with E-state index in [1.54, 1.807) is 24.2 Å². The summed E-state index contributed by atoms with van der Waals surface area (Å²) in [5, 5.41) is 6.64. The number of nitrogens with zero attached hydrogens (tertiary/aromatic N) is 3. The van der Waals surface area contributed by atoms with Crippen molar-refractivity contribution < 1.29 is 9.32 Å². The van der Waals surface area contributed by atoms with Gasteiger partial charge in [-0.1, -0.05) is 19.0 Å². The van der Waals surface area contributed by atoms with Gasteiger partial charge in [0.15, 0.2) is 5.69 Å². The van der Waals surface area contributed by atoms with Gasteiger partial charge >= 0.3 is 0 Å². The van der Waals surface area contributed by atoms with Crippen molar-refractivity contribution in [1.82, 2.24) is 15.0 Å². The highest BCUT2D eigenvalue weighted by molar-refractivity contribution is 7.09. The summed E-state index contributed by atoms with van der Waals surface area (Å²) in [6, 6.07) is 1.63. The first-order valence-corrected chi connectivity index (χ1v) is 7.01. The Morgan fingerprint density at radius 2 is 2.16 bits per heavy atom. The molecule has 6 heteroatoms. The Morgan fingerprint density at radius 1 is 1.42 bits per heavy atom. The molecule has 0 spiro atoms. The lowest BCUT2D eigenvalue weighted by Crippen LogP contribution is -2.29. The largest absolute Gasteiger partial charge is 0.360 e. The third kappa shape index (κ3) is 2.84. The molecule has 0 aliphatic heterocycles. The highest BCUT2D eigenvalue weighted by Crippen LogP contribution is 2.23. The maximum absolute atomic E-state index is 12.3. The maximum Gasteiger partial charge on any atom is 0.276 e. The van der Waals surface area contributed by atoms with Gasteiger partial charge in [0, 0.05) is 30.6 Å². The van der Waals surface area contributed by atoms with Crippen LogP contribution in [-0.2, 0) is 0 Å². The average Bonchev–Trinajstić information content (AvgIpc) is 3.06. The standard InChI is InChI=1S/C13H17N3O2S/c1-8(2)11-7-10(15-18-11)13(17)16(4)9(3)12-14-5-6-19-12/h5-9H,1-4H3/t9-/m0/s1. The van der Waals surface area contributed by atoms with Gasteiger partial charge in [-0.15, -0.1) is 11.3 Å². The quantitative estimate of drug-likeness (QED) is 0.863. The molecular formula is C13H17N3O2S. The second-order valence-electron chi connectivity index (χ2n) is 4.73. The van der Waals surface area contributed by atoms with Crippen LogP contribution in [0.3, 0.4) is 0 Å². The summed E-state index contributed by atoms with van der Waals surface area (Å²) in [4.78, 5) is 18.2. The second-order valence-corrected chi connectivity index (χ2v) is 5.66. The first kappa shape index (κ1) is 13.7. The molecule has 102 valence electrons. The molecule has 2 rings (SSSR count). The van der Waals surface area contributed by atoms with Crippen molar-refractivity contribution in [2.75, 3.05) is 7.05 Å². The minimum atomic E-state index is -0.154. The number of carbonyl (C=O) groups is 1. The van der Waals surface area contributed by atoms with E-state index < -0.39 is 0 Å². The van der Waals surface area contributed by atoms with Crippen LogP contribution in [0, 0.1) is 0 Å². The fraction of sp³-hybridized carbons (Fsp3) is 0.462. The van der Waals surface area contributed by atoms with Gasteiger partial charge in [0.25, 0.3) is 5.91 Å². The summed E-state index contributed by atoms with van der Waals surface area (Å²) in [5.74, 6) is 0.785. The molecule has 0 saturated heterocycles. The Hall–Kier alpha value is -1.69. The van der Waals surface area contributed by atoms with Crippen molar-refractivity contribution in [2.45, 2.75) is 32.7 Å². The van der Waals surface area contributed by atoms with Crippen LogP contribution in [0.25, 0.3) is 0 Å².